The first kappa shape index (κ1) is 16.5. The summed E-state index contributed by atoms with van der Waals surface area (Å²) >= 11 is 0. The number of nitrogens with two attached hydrogens (primary N) is 2. The van der Waals surface area contributed by atoms with E-state index in [0.29, 0.717) is 31.9 Å². The molecule has 1 aliphatic rings. The fraction of sp³-hybridized carbons (Fsp3) is 0.769. The molecule has 1 saturated heterocycles. The van der Waals surface area contributed by atoms with Gasteiger partial charge in [-0.3, -0.25) is 4.90 Å². The summed E-state index contributed by atoms with van der Waals surface area (Å²) in [6.45, 7) is 3.92. The molecule has 1 amide bonds. The molecule has 1 atom stereocenters. The molecule has 4 N–H and O–H groups in total. The fourth-order valence-electron chi connectivity index (χ4n) is 2.20. The lowest BCUT2D eigenvalue weighted by Crippen LogP contribution is -2.53. The van der Waals surface area contributed by atoms with Crippen LogP contribution in [0.4, 0.5) is 4.79 Å². The molecule has 114 valence electrons. The second kappa shape index (κ2) is 8.58. The Hall–Kier alpha value is -1.56. The van der Waals surface area contributed by atoms with Crippen LogP contribution in [0.25, 0.3) is 0 Å². The summed E-state index contributed by atoms with van der Waals surface area (Å²) in [6, 6.07) is 0. The molecule has 0 aromatic carbocycles. The summed E-state index contributed by atoms with van der Waals surface area (Å²) < 4.78 is 4.93. The van der Waals surface area contributed by atoms with Crippen LogP contribution in [0, 0.1) is 0 Å². The van der Waals surface area contributed by atoms with Crippen molar-refractivity contribution in [2.24, 2.45) is 11.5 Å². The van der Waals surface area contributed by atoms with E-state index in [9.17, 15) is 9.59 Å². The first-order chi connectivity index (χ1) is 9.63. The van der Waals surface area contributed by atoms with Gasteiger partial charge in [0, 0.05) is 13.1 Å². The van der Waals surface area contributed by atoms with Gasteiger partial charge in [-0.15, -0.1) is 0 Å². The smallest absolute Gasteiger partial charge is 0.410 e. The van der Waals surface area contributed by atoms with Crippen molar-refractivity contribution >= 4 is 12.0 Å². The molecule has 0 bridgehead atoms. The first-order valence-electron chi connectivity index (χ1n) is 7.02. The summed E-state index contributed by atoms with van der Waals surface area (Å²) in [6.07, 6.45) is 1.96. The number of ether oxygens (including phenoxy) is 1. The van der Waals surface area contributed by atoms with E-state index in [-0.39, 0.29) is 12.7 Å². The van der Waals surface area contributed by atoms with Crippen molar-refractivity contribution in [1.29, 1.82) is 0 Å². The minimum atomic E-state index is -0.406. The van der Waals surface area contributed by atoms with Crippen LogP contribution < -0.4 is 11.5 Å². The maximum atomic E-state index is 11.6. The molecule has 1 rings (SSSR count). The van der Waals surface area contributed by atoms with Crippen LogP contribution in [-0.4, -0.2) is 60.8 Å². The summed E-state index contributed by atoms with van der Waals surface area (Å²) in [5.41, 5.74) is 11.9. The number of unbranched alkanes of at least 4 members (excludes halogenated alkanes) is 1. The molecule has 0 aromatic rings. The lowest BCUT2D eigenvalue weighted by molar-refractivity contribution is 0.0851. The van der Waals surface area contributed by atoms with Crippen molar-refractivity contribution in [2.75, 3.05) is 32.8 Å². The molecule has 0 radical (unpaired) electrons. The Morgan fingerprint density at radius 2 is 2.20 bits per heavy atom. The number of carbonyl (C=O) groups is 1. The normalized spacial score (nSPS) is 16.9. The topological polar surface area (TPSA) is 102 Å². The predicted octanol–water partition coefficient (Wildman–Crippen LogP) is -0.110. The van der Waals surface area contributed by atoms with E-state index in [0.717, 1.165) is 19.3 Å². The van der Waals surface area contributed by atoms with E-state index in [1.54, 1.807) is 6.92 Å². The van der Waals surface area contributed by atoms with E-state index in [1.807, 2.05) is 10.8 Å². The molecular weight excluding hydrogens is 260 g/mol. The molecule has 1 unspecified atom stereocenters. The Bertz CT molecular complexity index is 369. The third kappa shape index (κ3) is 4.52. The maximum absolute atomic E-state index is 11.6. The van der Waals surface area contributed by atoms with Gasteiger partial charge in [-0.25, -0.2) is 9.59 Å². The standard InChI is InChI=1S/C13H24N4O3/c1-2-20-13(19)16-7-8-17(11(9-16)10-18)12(15)5-3-4-6-14/h12H,2-9,14-15H2,1H3. The van der Waals surface area contributed by atoms with E-state index >= 15 is 0 Å². The Balaban J connectivity index is 2.56. The Morgan fingerprint density at radius 1 is 1.45 bits per heavy atom. The van der Waals surface area contributed by atoms with Crippen molar-refractivity contribution in [1.82, 2.24) is 9.80 Å². The summed E-state index contributed by atoms with van der Waals surface area (Å²) in [5.74, 6) is 1.89. The monoisotopic (exact) mass is 284 g/mol. The van der Waals surface area contributed by atoms with E-state index in [4.69, 9.17) is 16.2 Å². The molecule has 1 fully saturated rings. The van der Waals surface area contributed by atoms with Gasteiger partial charge in [0.2, 0.25) is 0 Å². The Morgan fingerprint density at radius 3 is 2.80 bits per heavy atom. The first-order valence-corrected chi connectivity index (χ1v) is 7.02. The highest BCUT2D eigenvalue weighted by Gasteiger charge is 2.28. The number of hydrogen-bond acceptors (Lipinski definition) is 6. The van der Waals surface area contributed by atoms with Gasteiger partial charge in [0.1, 0.15) is 11.6 Å². The fourth-order valence-corrected chi connectivity index (χ4v) is 2.20. The van der Waals surface area contributed by atoms with Crippen LogP contribution in [0.1, 0.15) is 26.2 Å². The van der Waals surface area contributed by atoms with Crippen molar-refractivity contribution in [3.05, 3.63) is 5.70 Å². The van der Waals surface area contributed by atoms with Gasteiger partial charge in [0.05, 0.1) is 19.3 Å². The zero-order valence-corrected chi connectivity index (χ0v) is 12.0. The molecule has 20 heavy (non-hydrogen) atoms. The highest BCUT2D eigenvalue weighted by molar-refractivity contribution is 5.69. The van der Waals surface area contributed by atoms with Crippen LogP contribution in [0.5, 0.6) is 0 Å². The van der Waals surface area contributed by atoms with Gasteiger partial charge in [0.15, 0.2) is 0 Å². The summed E-state index contributed by atoms with van der Waals surface area (Å²) in [5, 5.41) is 0. The van der Waals surface area contributed by atoms with Crippen molar-refractivity contribution < 1.29 is 14.3 Å². The zero-order valence-electron chi connectivity index (χ0n) is 12.0. The van der Waals surface area contributed by atoms with Crippen molar-refractivity contribution in [2.45, 2.75) is 32.4 Å². The maximum Gasteiger partial charge on any atom is 0.410 e. The number of piperazine rings is 1. The molecular formula is C13H24N4O3. The third-order valence-electron chi connectivity index (χ3n) is 3.30. The van der Waals surface area contributed by atoms with Crippen LogP contribution in [0.3, 0.4) is 0 Å². The van der Waals surface area contributed by atoms with Crippen LogP contribution >= 0.6 is 0 Å². The van der Waals surface area contributed by atoms with E-state index in [1.165, 1.54) is 4.90 Å². The molecule has 0 aromatic heterocycles. The van der Waals surface area contributed by atoms with Crippen molar-refractivity contribution in [3.63, 3.8) is 0 Å². The van der Waals surface area contributed by atoms with E-state index < -0.39 is 6.09 Å². The van der Waals surface area contributed by atoms with Crippen LogP contribution in [0.15, 0.2) is 5.70 Å². The van der Waals surface area contributed by atoms with Gasteiger partial charge >= 0.3 is 6.09 Å². The lowest BCUT2D eigenvalue weighted by atomic mass is 10.1. The van der Waals surface area contributed by atoms with Gasteiger partial charge in [-0.05, 0) is 32.7 Å². The number of carbonyl (C=O) groups excluding carboxylic acids is 2. The molecule has 1 aliphatic heterocycles. The molecule has 7 nitrogen and oxygen atoms in total. The highest BCUT2D eigenvalue weighted by Crippen LogP contribution is 2.16. The molecule has 1 heterocycles. The van der Waals surface area contributed by atoms with Gasteiger partial charge < -0.3 is 21.1 Å². The summed E-state index contributed by atoms with van der Waals surface area (Å²) in [4.78, 5) is 26.0. The second-order valence-electron chi connectivity index (χ2n) is 4.71. The van der Waals surface area contributed by atoms with Gasteiger partial charge in [-0.1, -0.05) is 0 Å². The SMILES string of the molecule is CCOC(=O)N1CCN(C(N)CCCCN)C(=C=O)C1. The highest BCUT2D eigenvalue weighted by atomic mass is 16.6. The van der Waals surface area contributed by atoms with Gasteiger partial charge in [0.25, 0.3) is 0 Å². The largest absolute Gasteiger partial charge is 0.450 e. The van der Waals surface area contributed by atoms with Crippen LogP contribution in [0.2, 0.25) is 0 Å². The number of hydrogen-bond donors (Lipinski definition) is 2. The molecule has 0 aliphatic carbocycles. The Kier molecular flexibility index (Phi) is 7.08. The number of amides is 1. The van der Waals surface area contributed by atoms with Gasteiger partial charge in [-0.2, -0.15) is 0 Å². The third-order valence-corrected chi connectivity index (χ3v) is 3.30. The summed E-state index contributed by atoms with van der Waals surface area (Å²) in [7, 11) is 0. The zero-order chi connectivity index (χ0) is 15.0. The predicted molar refractivity (Wildman–Crippen MR) is 75.4 cm³/mol. The molecule has 0 spiro atoms. The minimum absolute atomic E-state index is 0.201. The average Bonchev–Trinajstić information content (AvgIpc) is 2.47. The van der Waals surface area contributed by atoms with Crippen molar-refractivity contribution in [3.8, 4) is 0 Å². The van der Waals surface area contributed by atoms with Crippen LogP contribution in [-0.2, 0) is 9.53 Å². The molecule has 0 saturated carbocycles. The number of rotatable bonds is 6. The Labute approximate surface area is 119 Å². The average molecular weight is 284 g/mol. The number of nitrogens with zero attached hydrogens (tertiary/aromatic N) is 2. The molecule has 7 heteroatoms. The van der Waals surface area contributed by atoms with E-state index in [2.05, 4.69) is 0 Å². The second-order valence-corrected chi connectivity index (χ2v) is 4.71. The minimum Gasteiger partial charge on any atom is -0.450 e. The lowest BCUT2D eigenvalue weighted by Gasteiger charge is -2.39. The quantitative estimate of drug-likeness (QED) is 0.521.